The van der Waals surface area contributed by atoms with Gasteiger partial charge in [-0.05, 0) is 24.3 Å². The molecule has 0 saturated heterocycles. The van der Waals surface area contributed by atoms with Gasteiger partial charge in [-0.3, -0.25) is 9.59 Å². The highest BCUT2D eigenvalue weighted by atomic mass is 16.5. The van der Waals surface area contributed by atoms with Crippen LogP contribution in [0, 0.1) is 0 Å². The molecule has 2 aromatic carbocycles. The molecule has 0 atom stereocenters. The first kappa shape index (κ1) is 14.3. The number of carbonyl (C=O) groups is 2. The van der Waals surface area contributed by atoms with Crippen molar-refractivity contribution in [1.29, 1.82) is 0 Å². The minimum absolute atomic E-state index is 0.187. The van der Waals surface area contributed by atoms with Gasteiger partial charge in [0.25, 0.3) is 0 Å². The van der Waals surface area contributed by atoms with Crippen LogP contribution >= 0.6 is 0 Å². The Bertz CT molecular complexity index is 644. The number of rotatable bonds is 0. The summed E-state index contributed by atoms with van der Waals surface area (Å²) < 4.78 is 10.5. The number of fused-ring (bicyclic) bond motifs is 2. The number of hydrogen-bond donors (Lipinski definition) is 0. The molecule has 4 rings (SSSR count). The Balaban J connectivity index is 0.000000131. The van der Waals surface area contributed by atoms with Crippen LogP contribution in [0.25, 0.3) is 0 Å². The zero-order valence-electron chi connectivity index (χ0n) is 12.1. The van der Waals surface area contributed by atoms with E-state index in [4.69, 9.17) is 9.47 Å². The van der Waals surface area contributed by atoms with Gasteiger partial charge < -0.3 is 9.47 Å². The number of Topliss-reactive ketones (excluding diaryl/α,β-unsaturated/α-hetero) is 2. The van der Waals surface area contributed by atoms with Crippen molar-refractivity contribution in [2.45, 2.75) is 12.8 Å². The molecule has 2 aromatic rings. The molecule has 22 heavy (non-hydrogen) atoms. The summed E-state index contributed by atoms with van der Waals surface area (Å²) in [5.41, 5.74) is 1.44. The molecular formula is C18H16O4. The molecular weight excluding hydrogens is 280 g/mol. The molecule has 0 saturated carbocycles. The van der Waals surface area contributed by atoms with E-state index in [1.54, 1.807) is 12.1 Å². The van der Waals surface area contributed by atoms with Crippen molar-refractivity contribution in [3.05, 3.63) is 59.7 Å². The fourth-order valence-corrected chi connectivity index (χ4v) is 2.42. The van der Waals surface area contributed by atoms with Gasteiger partial charge in [-0.1, -0.05) is 24.3 Å². The first-order valence-corrected chi connectivity index (χ1v) is 7.26. The maximum Gasteiger partial charge on any atom is 0.169 e. The summed E-state index contributed by atoms with van der Waals surface area (Å²) in [4.78, 5) is 22.4. The molecule has 0 spiro atoms. The van der Waals surface area contributed by atoms with E-state index < -0.39 is 0 Å². The summed E-state index contributed by atoms with van der Waals surface area (Å²) in [6.07, 6.45) is 1.02. The molecule has 2 aliphatic rings. The van der Waals surface area contributed by atoms with Crippen molar-refractivity contribution in [1.82, 2.24) is 0 Å². The van der Waals surface area contributed by atoms with Crippen LogP contribution in [0.3, 0.4) is 0 Å². The van der Waals surface area contributed by atoms with Gasteiger partial charge in [-0.15, -0.1) is 0 Å². The quantitative estimate of drug-likeness (QED) is 0.748. The van der Waals surface area contributed by atoms with Gasteiger partial charge in [0, 0.05) is 12.8 Å². The van der Waals surface area contributed by atoms with Crippen molar-refractivity contribution >= 4 is 11.6 Å². The topological polar surface area (TPSA) is 52.6 Å². The van der Waals surface area contributed by atoms with Crippen LogP contribution in [0.5, 0.6) is 11.5 Å². The second-order valence-corrected chi connectivity index (χ2v) is 5.04. The molecule has 0 N–H and O–H groups in total. The van der Waals surface area contributed by atoms with Gasteiger partial charge in [-0.25, -0.2) is 0 Å². The van der Waals surface area contributed by atoms with Gasteiger partial charge >= 0.3 is 0 Å². The van der Waals surface area contributed by atoms with E-state index in [1.165, 1.54) is 0 Å². The summed E-state index contributed by atoms with van der Waals surface area (Å²) in [6.45, 7) is 1.05. The lowest BCUT2D eigenvalue weighted by molar-refractivity contribution is 0.0924. The number of para-hydroxylation sites is 2. The van der Waals surface area contributed by atoms with Gasteiger partial charge in [0.15, 0.2) is 11.6 Å². The largest absolute Gasteiger partial charge is 0.492 e. The highest BCUT2D eigenvalue weighted by molar-refractivity contribution is 6.00. The predicted molar refractivity (Wildman–Crippen MR) is 81.8 cm³/mol. The van der Waals surface area contributed by atoms with Gasteiger partial charge in [0.2, 0.25) is 0 Å². The smallest absolute Gasteiger partial charge is 0.169 e. The van der Waals surface area contributed by atoms with Gasteiger partial charge in [0.1, 0.15) is 11.5 Å². The molecule has 0 radical (unpaired) electrons. The first-order chi connectivity index (χ1) is 10.8. The standard InChI is InChI=1S/2C9H8O2/c2*10-8-5-6-11-9-4-2-1-3-7(8)9/h2*1-4H,5-6H2. The SMILES string of the molecule is O=C1CCOc2ccccc21.O=C1CCOc2ccccc21. The van der Waals surface area contributed by atoms with E-state index in [9.17, 15) is 9.59 Å². The Hall–Kier alpha value is -2.62. The average Bonchev–Trinajstić information content (AvgIpc) is 2.57. The maximum absolute atomic E-state index is 11.2. The summed E-state index contributed by atoms with van der Waals surface area (Å²) in [5, 5.41) is 0. The molecule has 0 unspecified atom stereocenters. The van der Waals surface area contributed by atoms with Crippen LogP contribution < -0.4 is 9.47 Å². The third-order valence-electron chi connectivity index (χ3n) is 3.55. The molecule has 0 aromatic heterocycles. The Morgan fingerprint density at radius 3 is 1.45 bits per heavy atom. The molecule has 0 aliphatic carbocycles. The molecule has 0 amide bonds. The molecule has 4 heteroatoms. The summed E-state index contributed by atoms with van der Waals surface area (Å²) in [5.74, 6) is 1.83. The highest BCUT2D eigenvalue weighted by Crippen LogP contribution is 2.24. The van der Waals surface area contributed by atoms with Crippen molar-refractivity contribution in [2.75, 3.05) is 13.2 Å². The highest BCUT2D eigenvalue weighted by Gasteiger charge is 2.17. The third-order valence-corrected chi connectivity index (χ3v) is 3.55. The van der Waals surface area contributed by atoms with Crippen molar-refractivity contribution in [3.8, 4) is 11.5 Å². The molecule has 0 fully saturated rings. The lowest BCUT2D eigenvalue weighted by atomic mass is 10.1. The van der Waals surface area contributed by atoms with Gasteiger partial charge in [-0.2, -0.15) is 0 Å². The molecule has 0 bridgehead atoms. The van der Waals surface area contributed by atoms with Crippen LogP contribution in [-0.4, -0.2) is 24.8 Å². The normalized spacial score (nSPS) is 15.5. The average molecular weight is 296 g/mol. The van der Waals surface area contributed by atoms with Crippen LogP contribution in [0.4, 0.5) is 0 Å². The minimum atomic E-state index is 0.187. The zero-order valence-corrected chi connectivity index (χ0v) is 12.1. The maximum atomic E-state index is 11.2. The number of ether oxygens (including phenoxy) is 2. The molecule has 112 valence electrons. The van der Waals surface area contributed by atoms with E-state index in [2.05, 4.69) is 0 Å². The van der Waals surface area contributed by atoms with E-state index in [0.717, 1.165) is 22.6 Å². The Labute approximate surface area is 128 Å². The lowest BCUT2D eigenvalue weighted by Gasteiger charge is -2.14. The van der Waals surface area contributed by atoms with Crippen LogP contribution in [0.1, 0.15) is 33.6 Å². The summed E-state index contributed by atoms with van der Waals surface area (Å²) in [7, 11) is 0. The van der Waals surface area contributed by atoms with Crippen LogP contribution in [0.15, 0.2) is 48.5 Å². The van der Waals surface area contributed by atoms with E-state index in [0.29, 0.717) is 26.1 Å². The predicted octanol–water partition coefficient (Wildman–Crippen LogP) is 3.30. The summed E-state index contributed by atoms with van der Waals surface area (Å²) in [6, 6.07) is 14.7. The number of ketones is 2. The van der Waals surface area contributed by atoms with Crippen LogP contribution in [0.2, 0.25) is 0 Å². The molecule has 2 aliphatic heterocycles. The Kier molecular flexibility index (Phi) is 4.19. The fourth-order valence-electron chi connectivity index (χ4n) is 2.42. The molecule has 2 heterocycles. The monoisotopic (exact) mass is 296 g/mol. The van der Waals surface area contributed by atoms with Crippen molar-refractivity contribution < 1.29 is 19.1 Å². The minimum Gasteiger partial charge on any atom is -0.492 e. The Morgan fingerprint density at radius 2 is 1.05 bits per heavy atom. The summed E-state index contributed by atoms with van der Waals surface area (Å²) >= 11 is 0. The van der Waals surface area contributed by atoms with Gasteiger partial charge in [0.05, 0.1) is 24.3 Å². The Morgan fingerprint density at radius 1 is 0.636 bits per heavy atom. The fraction of sp³-hybridized carbons (Fsp3) is 0.222. The zero-order chi connectivity index (χ0) is 15.4. The number of benzene rings is 2. The van der Waals surface area contributed by atoms with Crippen molar-refractivity contribution in [2.24, 2.45) is 0 Å². The molecule has 4 nitrogen and oxygen atoms in total. The number of carbonyl (C=O) groups excluding carboxylic acids is 2. The third kappa shape index (κ3) is 3.01. The second kappa shape index (κ2) is 6.43. The first-order valence-electron chi connectivity index (χ1n) is 7.26. The van der Waals surface area contributed by atoms with E-state index in [1.807, 2.05) is 36.4 Å². The second-order valence-electron chi connectivity index (χ2n) is 5.04. The van der Waals surface area contributed by atoms with Crippen molar-refractivity contribution in [3.63, 3.8) is 0 Å². The number of hydrogen-bond acceptors (Lipinski definition) is 4. The van der Waals surface area contributed by atoms with E-state index >= 15 is 0 Å². The van der Waals surface area contributed by atoms with E-state index in [-0.39, 0.29) is 11.6 Å². The lowest BCUT2D eigenvalue weighted by Crippen LogP contribution is -2.14. The van der Waals surface area contributed by atoms with Crippen LogP contribution in [-0.2, 0) is 0 Å².